The summed E-state index contributed by atoms with van der Waals surface area (Å²) in [5, 5.41) is 14.9. The van der Waals surface area contributed by atoms with E-state index >= 15 is 0 Å². The molecule has 33 heavy (non-hydrogen) atoms. The van der Waals surface area contributed by atoms with Gasteiger partial charge in [-0.3, -0.25) is 4.90 Å². The fourth-order valence-electron chi connectivity index (χ4n) is 5.23. The van der Waals surface area contributed by atoms with Crippen molar-refractivity contribution in [2.24, 2.45) is 11.1 Å². The van der Waals surface area contributed by atoms with E-state index in [1.807, 2.05) is 6.07 Å². The van der Waals surface area contributed by atoms with Crippen molar-refractivity contribution in [3.05, 3.63) is 53.1 Å². The minimum Gasteiger partial charge on any atom is -0.508 e. The molecule has 0 saturated carbocycles. The van der Waals surface area contributed by atoms with Crippen molar-refractivity contribution in [1.29, 1.82) is 0 Å². The van der Waals surface area contributed by atoms with Gasteiger partial charge in [0, 0.05) is 45.3 Å². The highest BCUT2D eigenvalue weighted by atomic mass is 16.7. The zero-order chi connectivity index (χ0) is 23.8. The average Bonchev–Trinajstić information content (AvgIpc) is 3.17. The van der Waals surface area contributed by atoms with Crippen molar-refractivity contribution < 1.29 is 9.94 Å². The molecule has 0 amide bonds. The van der Waals surface area contributed by atoms with Gasteiger partial charge in [-0.15, -0.1) is 0 Å². The maximum absolute atomic E-state index is 10.5. The first-order chi connectivity index (χ1) is 15.8. The largest absolute Gasteiger partial charge is 0.508 e. The molecule has 1 spiro atoms. The van der Waals surface area contributed by atoms with Crippen LogP contribution in [0.2, 0.25) is 0 Å². The second-order valence-corrected chi connectivity index (χ2v) is 10.5. The van der Waals surface area contributed by atoms with Gasteiger partial charge in [-0.25, -0.2) is 0 Å². The first-order valence-electron chi connectivity index (χ1n) is 13.0. The standard InChI is InChI=1S/C29H44N2O2/c1-6-9-23(5)10-8-11-26-20-29(33-30-26)14-16-31(17-15-29)21-24-12-13-28(32)27(19-24)25(7-2)18-22(3)4/h8-10,12-13,19,22,25,32H,6-7,11,14-18,20-21H2,1-5H3/b10-8-,23-9-. The van der Waals surface area contributed by atoms with Crippen molar-refractivity contribution >= 4 is 5.71 Å². The number of phenolic OH excluding ortho intramolecular Hbond substituents is 1. The highest BCUT2D eigenvalue weighted by Crippen LogP contribution is 2.37. The molecular formula is C29H44N2O2. The van der Waals surface area contributed by atoms with Gasteiger partial charge < -0.3 is 9.94 Å². The van der Waals surface area contributed by atoms with E-state index in [0.29, 0.717) is 17.6 Å². The molecule has 2 aliphatic rings. The Morgan fingerprint density at radius 3 is 2.67 bits per heavy atom. The number of benzene rings is 1. The predicted molar refractivity (Wildman–Crippen MR) is 139 cm³/mol. The van der Waals surface area contributed by atoms with Gasteiger partial charge in [0.05, 0.1) is 5.71 Å². The number of hydrogen-bond donors (Lipinski definition) is 1. The fraction of sp³-hybridized carbons (Fsp3) is 0.621. The van der Waals surface area contributed by atoms with Crippen LogP contribution in [0.3, 0.4) is 0 Å². The number of aromatic hydroxyl groups is 1. The van der Waals surface area contributed by atoms with Gasteiger partial charge >= 0.3 is 0 Å². The molecule has 0 aromatic heterocycles. The molecule has 2 heterocycles. The van der Waals surface area contributed by atoms with E-state index in [2.05, 4.69) is 75.0 Å². The van der Waals surface area contributed by atoms with E-state index in [1.165, 1.54) is 16.8 Å². The van der Waals surface area contributed by atoms with Crippen LogP contribution in [0.15, 0.2) is 47.2 Å². The summed E-state index contributed by atoms with van der Waals surface area (Å²) in [6.45, 7) is 14.0. The lowest BCUT2D eigenvalue weighted by molar-refractivity contribution is -0.0627. The topological polar surface area (TPSA) is 45.1 Å². The van der Waals surface area contributed by atoms with Gasteiger partial charge in [0.1, 0.15) is 11.4 Å². The molecule has 4 nitrogen and oxygen atoms in total. The van der Waals surface area contributed by atoms with E-state index < -0.39 is 0 Å². The molecule has 1 saturated heterocycles. The lowest BCUT2D eigenvalue weighted by Crippen LogP contribution is -2.44. The summed E-state index contributed by atoms with van der Waals surface area (Å²) in [5.41, 5.74) is 4.80. The second-order valence-electron chi connectivity index (χ2n) is 10.5. The van der Waals surface area contributed by atoms with Crippen LogP contribution in [-0.2, 0) is 11.4 Å². The van der Waals surface area contributed by atoms with E-state index in [0.717, 1.165) is 70.1 Å². The third-order valence-corrected chi connectivity index (χ3v) is 7.11. The average molecular weight is 453 g/mol. The highest BCUT2D eigenvalue weighted by Gasteiger charge is 2.41. The third-order valence-electron chi connectivity index (χ3n) is 7.11. The summed E-state index contributed by atoms with van der Waals surface area (Å²) in [5.74, 6) is 1.50. The Kier molecular flexibility index (Phi) is 9.19. The highest BCUT2D eigenvalue weighted by molar-refractivity contribution is 5.87. The third kappa shape index (κ3) is 7.20. The van der Waals surface area contributed by atoms with Gasteiger partial charge in [-0.1, -0.05) is 68.8 Å². The molecule has 1 aromatic carbocycles. The van der Waals surface area contributed by atoms with Gasteiger partial charge in [0.2, 0.25) is 0 Å². The lowest BCUT2D eigenvalue weighted by Gasteiger charge is -2.37. The Balaban J connectivity index is 1.52. The summed E-state index contributed by atoms with van der Waals surface area (Å²) in [6.07, 6.45) is 13.8. The normalized spacial score (nSPS) is 19.9. The molecule has 0 bridgehead atoms. The maximum atomic E-state index is 10.5. The summed E-state index contributed by atoms with van der Waals surface area (Å²) in [7, 11) is 0. The van der Waals surface area contributed by atoms with Crippen molar-refractivity contribution in [3.63, 3.8) is 0 Å². The molecule has 182 valence electrons. The lowest BCUT2D eigenvalue weighted by atomic mass is 9.85. The van der Waals surface area contributed by atoms with Crippen LogP contribution >= 0.6 is 0 Å². The maximum Gasteiger partial charge on any atom is 0.145 e. The SMILES string of the molecule is CC/C=C(C)\C=C/CC1=NOC2(CCN(Cc3ccc(O)c(C(CC)CC(C)C)c3)CC2)C1. The van der Waals surface area contributed by atoms with Crippen molar-refractivity contribution in [3.8, 4) is 5.75 Å². The van der Waals surface area contributed by atoms with Crippen molar-refractivity contribution in [2.75, 3.05) is 13.1 Å². The van der Waals surface area contributed by atoms with Crippen LogP contribution in [0, 0.1) is 5.92 Å². The molecule has 0 aliphatic carbocycles. The predicted octanol–water partition coefficient (Wildman–Crippen LogP) is 7.35. The minimum absolute atomic E-state index is 0.0985. The Morgan fingerprint density at radius 2 is 2.00 bits per heavy atom. The molecule has 1 N–H and O–H groups in total. The molecule has 1 fully saturated rings. The first-order valence-corrected chi connectivity index (χ1v) is 13.0. The zero-order valence-electron chi connectivity index (χ0n) is 21.4. The number of rotatable bonds is 10. The van der Waals surface area contributed by atoms with Gasteiger partial charge in [-0.05, 0) is 55.2 Å². The number of oxime groups is 1. The first kappa shape index (κ1) is 25.6. The van der Waals surface area contributed by atoms with Crippen molar-refractivity contribution in [2.45, 2.75) is 97.6 Å². The molecule has 2 aliphatic heterocycles. The Labute approximate surface area is 201 Å². The molecule has 3 rings (SSSR count). The Hall–Kier alpha value is -2.07. The minimum atomic E-state index is -0.0985. The molecule has 1 unspecified atom stereocenters. The number of likely N-dealkylation sites (tertiary alicyclic amines) is 1. The summed E-state index contributed by atoms with van der Waals surface area (Å²) in [4.78, 5) is 8.51. The number of piperidine rings is 1. The fourth-order valence-corrected chi connectivity index (χ4v) is 5.23. The smallest absolute Gasteiger partial charge is 0.145 e. The molecule has 4 heteroatoms. The van der Waals surface area contributed by atoms with Crippen LogP contribution in [0.4, 0.5) is 0 Å². The number of nitrogens with zero attached hydrogens (tertiary/aromatic N) is 2. The Bertz CT molecular complexity index is 860. The zero-order valence-corrected chi connectivity index (χ0v) is 21.4. The summed E-state index contributed by atoms with van der Waals surface area (Å²) >= 11 is 0. The van der Waals surface area contributed by atoms with E-state index in [4.69, 9.17) is 4.84 Å². The monoisotopic (exact) mass is 452 g/mol. The van der Waals surface area contributed by atoms with Gasteiger partial charge in [0.15, 0.2) is 0 Å². The Morgan fingerprint density at radius 1 is 1.24 bits per heavy atom. The van der Waals surface area contributed by atoms with Crippen molar-refractivity contribution in [1.82, 2.24) is 4.90 Å². The summed E-state index contributed by atoms with van der Waals surface area (Å²) in [6, 6.07) is 6.22. The molecule has 1 atom stereocenters. The van der Waals surface area contributed by atoms with Crippen LogP contribution in [0.1, 0.15) is 96.6 Å². The molecule has 1 aromatic rings. The van der Waals surface area contributed by atoms with E-state index in [1.54, 1.807) is 0 Å². The molecular weight excluding hydrogens is 408 g/mol. The number of phenols is 1. The second kappa shape index (κ2) is 11.9. The summed E-state index contributed by atoms with van der Waals surface area (Å²) < 4.78 is 0. The number of allylic oxidation sites excluding steroid dienone is 4. The van der Waals surface area contributed by atoms with Gasteiger partial charge in [0.25, 0.3) is 0 Å². The number of hydrogen-bond acceptors (Lipinski definition) is 4. The quantitative estimate of drug-likeness (QED) is 0.378. The van der Waals surface area contributed by atoms with Crippen LogP contribution < -0.4 is 0 Å². The van der Waals surface area contributed by atoms with E-state index in [9.17, 15) is 5.11 Å². The molecule has 0 radical (unpaired) electrons. The van der Waals surface area contributed by atoms with Crippen LogP contribution in [0.5, 0.6) is 5.75 Å². The van der Waals surface area contributed by atoms with Gasteiger partial charge in [-0.2, -0.15) is 0 Å². The van der Waals surface area contributed by atoms with Crippen LogP contribution in [-0.4, -0.2) is 34.4 Å². The van der Waals surface area contributed by atoms with E-state index in [-0.39, 0.29) is 5.60 Å². The van der Waals surface area contributed by atoms with Crippen LogP contribution in [0.25, 0.3) is 0 Å².